The third kappa shape index (κ3) is 3.82. The molecule has 0 radical (unpaired) electrons. The fourth-order valence-electron chi connectivity index (χ4n) is 2.13. The Morgan fingerprint density at radius 3 is 3.06 bits per heavy atom. The molecule has 0 spiro atoms. The van der Waals surface area contributed by atoms with Crippen molar-refractivity contribution >= 4 is 17.4 Å². The molecule has 1 aliphatic rings. The Kier molecular flexibility index (Phi) is 5.20. The smallest absolute Gasteiger partial charge is 0.142 e. The molecule has 100 valence electrons. The van der Waals surface area contributed by atoms with E-state index in [-0.39, 0.29) is 0 Å². The van der Waals surface area contributed by atoms with Crippen molar-refractivity contribution in [2.75, 3.05) is 37.7 Å². The van der Waals surface area contributed by atoms with Crippen molar-refractivity contribution in [2.24, 2.45) is 0 Å². The Morgan fingerprint density at radius 2 is 2.28 bits per heavy atom. The van der Waals surface area contributed by atoms with Crippen molar-refractivity contribution in [1.82, 2.24) is 4.90 Å². The normalized spacial score (nSPS) is 20.8. The summed E-state index contributed by atoms with van der Waals surface area (Å²) >= 11 is 2.10. The summed E-state index contributed by atoms with van der Waals surface area (Å²) in [5.41, 5.74) is 6.56. The topological polar surface area (TPSA) is 38.5 Å². The van der Waals surface area contributed by atoms with Crippen LogP contribution >= 0.6 is 11.8 Å². The van der Waals surface area contributed by atoms with E-state index in [1.165, 1.54) is 25.3 Å². The minimum absolute atomic E-state index is 0.718. The van der Waals surface area contributed by atoms with E-state index < -0.39 is 0 Å². The molecule has 1 aromatic rings. The summed E-state index contributed by atoms with van der Waals surface area (Å²) in [5, 5.41) is 0.792. The number of nitrogen functional groups attached to an aromatic ring is 1. The van der Waals surface area contributed by atoms with Crippen LogP contribution in [0, 0.1) is 0 Å². The van der Waals surface area contributed by atoms with Gasteiger partial charge in [0.25, 0.3) is 0 Å². The van der Waals surface area contributed by atoms with Gasteiger partial charge in [0.15, 0.2) is 0 Å². The number of ether oxygens (including phenoxy) is 1. The summed E-state index contributed by atoms with van der Waals surface area (Å²) in [6.45, 7) is 6.34. The standard InChI is InChI=1S/C14H22N2OS/c1-2-12-11-16(8-10-18-12)7-9-17-14-6-4-3-5-13(14)15/h3-6,12H,2,7-11,15H2,1H3. The lowest BCUT2D eigenvalue weighted by molar-refractivity contribution is 0.213. The number of hydrogen-bond acceptors (Lipinski definition) is 4. The molecule has 0 bridgehead atoms. The maximum Gasteiger partial charge on any atom is 0.142 e. The van der Waals surface area contributed by atoms with Gasteiger partial charge in [-0.25, -0.2) is 0 Å². The van der Waals surface area contributed by atoms with Crippen molar-refractivity contribution in [3.05, 3.63) is 24.3 Å². The monoisotopic (exact) mass is 266 g/mol. The van der Waals surface area contributed by atoms with Crippen molar-refractivity contribution in [2.45, 2.75) is 18.6 Å². The molecule has 1 heterocycles. The largest absolute Gasteiger partial charge is 0.490 e. The van der Waals surface area contributed by atoms with Gasteiger partial charge in [-0.05, 0) is 18.6 Å². The minimum atomic E-state index is 0.718. The first-order valence-corrected chi connectivity index (χ1v) is 7.65. The molecule has 18 heavy (non-hydrogen) atoms. The number of benzene rings is 1. The van der Waals surface area contributed by atoms with Gasteiger partial charge < -0.3 is 10.5 Å². The van der Waals surface area contributed by atoms with Crippen LogP contribution in [0.3, 0.4) is 0 Å². The number of anilines is 1. The van der Waals surface area contributed by atoms with Gasteiger partial charge in [0.1, 0.15) is 12.4 Å². The zero-order chi connectivity index (χ0) is 12.8. The summed E-state index contributed by atoms with van der Waals surface area (Å²) in [5.74, 6) is 2.04. The lowest BCUT2D eigenvalue weighted by atomic mass is 10.3. The van der Waals surface area contributed by atoms with Gasteiger partial charge in [-0.3, -0.25) is 4.90 Å². The molecular weight excluding hydrogens is 244 g/mol. The third-order valence-corrected chi connectivity index (χ3v) is 4.63. The predicted molar refractivity (Wildman–Crippen MR) is 79.3 cm³/mol. The Bertz CT molecular complexity index is 373. The molecule has 1 aromatic carbocycles. The van der Waals surface area contributed by atoms with Gasteiger partial charge in [0, 0.05) is 30.6 Å². The van der Waals surface area contributed by atoms with E-state index >= 15 is 0 Å². The molecule has 1 unspecified atom stereocenters. The summed E-state index contributed by atoms with van der Waals surface area (Å²) in [4.78, 5) is 2.49. The highest BCUT2D eigenvalue weighted by molar-refractivity contribution is 8.00. The Balaban J connectivity index is 1.73. The van der Waals surface area contributed by atoms with Crippen LogP contribution in [0.15, 0.2) is 24.3 Å². The first-order chi connectivity index (χ1) is 8.79. The zero-order valence-corrected chi connectivity index (χ0v) is 11.8. The average Bonchev–Trinajstić information content (AvgIpc) is 2.41. The van der Waals surface area contributed by atoms with Crippen LogP contribution in [0.1, 0.15) is 13.3 Å². The maximum atomic E-state index is 5.84. The lowest BCUT2D eigenvalue weighted by Crippen LogP contribution is -2.39. The quantitative estimate of drug-likeness (QED) is 0.831. The van der Waals surface area contributed by atoms with Crippen LogP contribution in [0.25, 0.3) is 0 Å². The van der Waals surface area contributed by atoms with Gasteiger partial charge in [0.05, 0.1) is 5.69 Å². The second-order valence-electron chi connectivity index (χ2n) is 4.59. The number of nitrogens with zero attached hydrogens (tertiary/aromatic N) is 1. The first kappa shape index (κ1) is 13.6. The second-order valence-corrected chi connectivity index (χ2v) is 6.00. The second kappa shape index (κ2) is 6.90. The highest BCUT2D eigenvalue weighted by Crippen LogP contribution is 2.22. The molecule has 0 aliphatic carbocycles. The number of para-hydroxylation sites is 2. The van der Waals surface area contributed by atoms with Gasteiger partial charge in [-0.1, -0.05) is 19.1 Å². The summed E-state index contributed by atoms with van der Waals surface area (Å²) < 4.78 is 5.73. The molecule has 1 atom stereocenters. The Hall–Kier alpha value is -0.870. The van der Waals surface area contributed by atoms with Crippen LogP contribution in [0.2, 0.25) is 0 Å². The number of hydrogen-bond donors (Lipinski definition) is 1. The van der Waals surface area contributed by atoms with Crippen LogP contribution in [-0.2, 0) is 0 Å². The van der Waals surface area contributed by atoms with Crippen LogP contribution in [0.5, 0.6) is 5.75 Å². The van der Waals surface area contributed by atoms with E-state index in [9.17, 15) is 0 Å². The summed E-state index contributed by atoms with van der Waals surface area (Å²) in [7, 11) is 0. The van der Waals surface area contributed by atoms with E-state index in [0.29, 0.717) is 0 Å². The average molecular weight is 266 g/mol. The van der Waals surface area contributed by atoms with E-state index in [1.807, 2.05) is 24.3 Å². The van der Waals surface area contributed by atoms with Crippen molar-refractivity contribution in [1.29, 1.82) is 0 Å². The zero-order valence-electron chi connectivity index (χ0n) is 11.0. The number of thioether (sulfide) groups is 1. The highest BCUT2D eigenvalue weighted by atomic mass is 32.2. The van der Waals surface area contributed by atoms with Crippen molar-refractivity contribution in [3.63, 3.8) is 0 Å². The molecule has 3 nitrogen and oxygen atoms in total. The molecule has 4 heteroatoms. The van der Waals surface area contributed by atoms with E-state index in [4.69, 9.17) is 10.5 Å². The lowest BCUT2D eigenvalue weighted by Gasteiger charge is -2.31. The number of nitrogens with two attached hydrogens (primary N) is 1. The van der Waals surface area contributed by atoms with Crippen molar-refractivity contribution in [3.8, 4) is 5.75 Å². The summed E-state index contributed by atoms with van der Waals surface area (Å²) in [6, 6.07) is 7.68. The van der Waals surface area contributed by atoms with E-state index in [2.05, 4.69) is 23.6 Å². The van der Waals surface area contributed by atoms with Gasteiger partial charge in [-0.15, -0.1) is 0 Å². The molecule has 2 rings (SSSR count). The van der Waals surface area contributed by atoms with Crippen LogP contribution in [0.4, 0.5) is 5.69 Å². The highest BCUT2D eigenvalue weighted by Gasteiger charge is 2.18. The Labute approximate surface area is 114 Å². The number of rotatable bonds is 5. The van der Waals surface area contributed by atoms with Crippen LogP contribution < -0.4 is 10.5 Å². The van der Waals surface area contributed by atoms with Crippen molar-refractivity contribution < 1.29 is 4.74 Å². The predicted octanol–water partition coefficient (Wildman–Crippen LogP) is 2.48. The van der Waals surface area contributed by atoms with Crippen LogP contribution in [-0.4, -0.2) is 42.1 Å². The molecule has 0 amide bonds. The molecule has 0 saturated carbocycles. The molecule has 1 fully saturated rings. The third-order valence-electron chi connectivity index (χ3n) is 3.26. The first-order valence-electron chi connectivity index (χ1n) is 6.61. The summed E-state index contributed by atoms with van der Waals surface area (Å²) in [6.07, 6.45) is 1.26. The maximum absolute atomic E-state index is 5.84. The molecule has 2 N–H and O–H groups in total. The van der Waals surface area contributed by atoms with Gasteiger partial charge in [0.2, 0.25) is 0 Å². The molecular formula is C14H22N2OS. The fourth-order valence-corrected chi connectivity index (χ4v) is 3.38. The minimum Gasteiger partial charge on any atom is -0.490 e. The molecule has 1 aliphatic heterocycles. The molecule has 0 aromatic heterocycles. The van der Waals surface area contributed by atoms with E-state index in [0.717, 1.165) is 29.8 Å². The Morgan fingerprint density at radius 1 is 1.44 bits per heavy atom. The van der Waals surface area contributed by atoms with Gasteiger partial charge >= 0.3 is 0 Å². The molecule has 1 saturated heterocycles. The SMILES string of the molecule is CCC1CN(CCOc2ccccc2N)CCS1. The van der Waals surface area contributed by atoms with Gasteiger partial charge in [-0.2, -0.15) is 11.8 Å². The fraction of sp³-hybridized carbons (Fsp3) is 0.571. The van der Waals surface area contributed by atoms with E-state index in [1.54, 1.807) is 0 Å².